The maximum absolute atomic E-state index is 12.9. The van der Waals surface area contributed by atoms with Crippen LogP contribution in [-0.2, 0) is 11.8 Å². The molecule has 0 aliphatic heterocycles. The van der Waals surface area contributed by atoms with Gasteiger partial charge >= 0.3 is 6.03 Å². The molecule has 1 aromatic heterocycles. The molecule has 30 heavy (non-hydrogen) atoms. The monoisotopic (exact) mass is 445 g/mol. The molecule has 3 aromatic rings. The number of nitrogens with one attached hydrogen (secondary N) is 2. The van der Waals surface area contributed by atoms with Crippen LogP contribution in [0.15, 0.2) is 60.9 Å². The van der Waals surface area contributed by atoms with E-state index >= 15 is 0 Å². The summed E-state index contributed by atoms with van der Waals surface area (Å²) in [4.78, 5) is 28.8. The first kappa shape index (κ1) is 21.7. The highest BCUT2D eigenvalue weighted by Crippen LogP contribution is 2.24. The number of amides is 3. The lowest BCUT2D eigenvalue weighted by molar-refractivity contribution is -0.122. The van der Waals surface area contributed by atoms with Gasteiger partial charge in [0.05, 0.1) is 12.5 Å². The van der Waals surface area contributed by atoms with Crippen molar-refractivity contribution in [1.29, 1.82) is 0 Å². The number of carbonyl (C=O) groups excluding carboxylic acids is 2. The lowest BCUT2D eigenvalue weighted by atomic mass is 10.0. The van der Waals surface area contributed by atoms with Gasteiger partial charge in [0.15, 0.2) is 0 Å². The fourth-order valence-corrected chi connectivity index (χ4v) is 3.38. The molecule has 0 aliphatic carbocycles. The number of carbonyl (C=O) groups is 2. The van der Waals surface area contributed by atoms with Crippen molar-refractivity contribution in [2.45, 2.75) is 18.5 Å². The normalized spacial score (nSPS) is 12.8. The molecule has 2 atom stereocenters. The van der Waals surface area contributed by atoms with E-state index in [0.29, 0.717) is 21.4 Å². The van der Waals surface area contributed by atoms with Crippen LogP contribution in [-0.4, -0.2) is 21.5 Å². The number of nitrogens with zero attached hydrogens (tertiary/aromatic N) is 2. The van der Waals surface area contributed by atoms with Gasteiger partial charge in [-0.2, -0.15) is 0 Å². The lowest BCUT2D eigenvalue weighted by Crippen LogP contribution is -2.38. The number of nitrogens with two attached hydrogens (primary N) is 1. The molecule has 0 saturated carbocycles. The summed E-state index contributed by atoms with van der Waals surface area (Å²) in [5.74, 6) is 0.378. The third kappa shape index (κ3) is 5.52. The Morgan fingerprint density at radius 2 is 1.57 bits per heavy atom. The Balaban J connectivity index is 1.83. The highest BCUT2D eigenvalue weighted by Gasteiger charge is 2.24. The molecule has 3 rings (SSSR count). The fourth-order valence-electron chi connectivity index (χ4n) is 3.13. The number of halogens is 2. The van der Waals surface area contributed by atoms with Gasteiger partial charge < -0.3 is 20.9 Å². The zero-order valence-corrected chi connectivity index (χ0v) is 17.7. The van der Waals surface area contributed by atoms with Crippen molar-refractivity contribution in [3.05, 3.63) is 87.9 Å². The molecule has 1 heterocycles. The van der Waals surface area contributed by atoms with Gasteiger partial charge in [-0.1, -0.05) is 47.5 Å². The van der Waals surface area contributed by atoms with Gasteiger partial charge in [0, 0.05) is 29.5 Å². The van der Waals surface area contributed by atoms with Gasteiger partial charge in [-0.05, 0) is 35.4 Å². The van der Waals surface area contributed by atoms with Gasteiger partial charge in [-0.25, -0.2) is 9.78 Å². The topological polar surface area (TPSA) is 102 Å². The lowest BCUT2D eigenvalue weighted by Gasteiger charge is -2.22. The quantitative estimate of drug-likeness (QED) is 0.515. The van der Waals surface area contributed by atoms with Crippen LogP contribution in [0.25, 0.3) is 0 Å². The maximum atomic E-state index is 12.9. The smallest absolute Gasteiger partial charge is 0.312 e. The number of hydrogen-bond donors (Lipinski definition) is 3. The van der Waals surface area contributed by atoms with Gasteiger partial charge in [0.1, 0.15) is 11.9 Å². The molecular formula is C21H21Cl2N5O2. The number of urea groups is 1. The Labute approximate surface area is 184 Å². The van der Waals surface area contributed by atoms with Gasteiger partial charge in [-0.3, -0.25) is 4.79 Å². The number of benzene rings is 2. The van der Waals surface area contributed by atoms with E-state index in [1.54, 1.807) is 48.8 Å². The van der Waals surface area contributed by atoms with Crippen LogP contribution in [0.5, 0.6) is 0 Å². The van der Waals surface area contributed by atoms with Crippen LogP contribution >= 0.6 is 23.2 Å². The van der Waals surface area contributed by atoms with Crippen molar-refractivity contribution in [2.24, 2.45) is 12.8 Å². The van der Waals surface area contributed by atoms with Crippen LogP contribution in [0.4, 0.5) is 4.79 Å². The number of imidazole rings is 1. The van der Waals surface area contributed by atoms with Gasteiger partial charge in [0.25, 0.3) is 0 Å². The van der Waals surface area contributed by atoms with Gasteiger partial charge in [-0.15, -0.1) is 0 Å². The molecule has 0 saturated heterocycles. The minimum Gasteiger partial charge on any atom is -0.352 e. The predicted molar refractivity (Wildman–Crippen MR) is 116 cm³/mol. The van der Waals surface area contributed by atoms with Crippen molar-refractivity contribution in [2.75, 3.05) is 0 Å². The van der Waals surface area contributed by atoms with Crippen LogP contribution in [0.3, 0.4) is 0 Å². The molecule has 0 radical (unpaired) electrons. The van der Waals surface area contributed by atoms with E-state index in [0.717, 1.165) is 5.56 Å². The highest BCUT2D eigenvalue weighted by molar-refractivity contribution is 6.30. The highest BCUT2D eigenvalue weighted by atomic mass is 35.5. The Bertz CT molecular complexity index is 1020. The van der Waals surface area contributed by atoms with Gasteiger partial charge in [0.2, 0.25) is 5.91 Å². The van der Waals surface area contributed by atoms with E-state index in [9.17, 15) is 9.59 Å². The molecule has 0 bridgehead atoms. The molecule has 156 valence electrons. The molecule has 0 unspecified atom stereocenters. The van der Waals surface area contributed by atoms with Crippen LogP contribution in [0.2, 0.25) is 10.0 Å². The molecule has 9 heteroatoms. The Kier molecular flexibility index (Phi) is 6.97. The molecule has 3 amide bonds. The molecule has 0 aliphatic rings. The minimum atomic E-state index is -0.721. The SMILES string of the molecule is Cn1ccnc1[C@@H](NC(=O)C[C@@H](NC(N)=O)c1ccc(Cl)cc1)c1ccc(Cl)cc1. The van der Waals surface area contributed by atoms with E-state index in [4.69, 9.17) is 28.9 Å². The standard InChI is InChI=1S/C21H21Cl2N5O2/c1-28-11-10-25-20(28)19(14-4-8-16(23)9-5-14)27-18(29)12-17(26-21(24)30)13-2-6-15(22)7-3-13/h2-11,17,19H,12H2,1H3,(H,27,29)(H3,24,26,30)/t17-,19+/m1/s1. The summed E-state index contributed by atoms with van der Waals surface area (Å²) < 4.78 is 1.83. The Hall–Kier alpha value is -3.03. The van der Waals surface area contributed by atoms with E-state index in [-0.39, 0.29) is 12.3 Å². The zero-order chi connectivity index (χ0) is 21.7. The minimum absolute atomic E-state index is 0.0148. The van der Waals surface area contributed by atoms with Crippen LogP contribution in [0.1, 0.15) is 35.5 Å². The Morgan fingerprint density at radius 3 is 2.07 bits per heavy atom. The Morgan fingerprint density at radius 1 is 1.00 bits per heavy atom. The molecule has 7 nitrogen and oxygen atoms in total. The third-order valence-corrected chi connectivity index (χ3v) is 5.11. The van der Waals surface area contributed by atoms with Crippen molar-refractivity contribution in [1.82, 2.24) is 20.2 Å². The average Bonchev–Trinajstić information content (AvgIpc) is 3.12. The summed E-state index contributed by atoms with van der Waals surface area (Å²) in [6.07, 6.45) is 3.45. The number of aryl methyl sites for hydroxylation is 1. The number of aromatic nitrogens is 2. The van der Waals surface area contributed by atoms with Crippen molar-refractivity contribution in [3.63, 3.8) is 0 Å². The summed E-state index contributed by atoms with van der Waals surface area (Å²) in [5.41, 5.74) is 6.85. The summed E-state index contributed by atoms with van der Waals surface area (Å²) in [5, 5.41) is 6.76. The summed E-state index contributed by atoms with van der Waals surface area (Å²) in [7, 11) is 1.85. The predicted octanol–water partition coefficient (Wildman–Crippen LogP) is 3.73. The maximum Gasteiger partial charge on any atom is 0.312 e. The summed E-state index contributed by atoms with van der Waals surface area (Å²) in [6.45, 7) is 0. The summed E-state index contributed by atoms with van der Waals surface area (Å²) >= 11 is 11.9. The molecule has 0 fully saturated rings. The molecular weight excluding hydrogens is 425 g/mol. The second-order valence-corrected chi connectivity index (χ2v) is 7.64. The average molecular weight is 446 g/mol. The van der Waals surface area contributed by atoms with E-state index in [2.05, 4.69) is 15.6 Å². The van der Waals surface area contributed by atoms with E-state index in [1.807, 2.05) is 23.7 Å². The molecule has 4 N–H and O–H groups in total. The van der Waals surface area contributed by atoms with E-state index < -0.39 is 18.1 Å². The van der Waals surface area contributed by atoms with Crippen molar-refractivity contribution >= 4 is 35.1 Å². The number of hydrogen-bond acceptors (Lipinski definition) is 3. The molecule has 2 aromatic carbocycles. The first-order valence-corrected chi connectivity index (χ1v) is 9.92. The number of primary amides is 1. The second kappa shape index (κ2) is 9.65. The van der Waals surface area contributed by atoms with Crippen LogP contribution in [0, 0.1) is 0 Å². The van der Waals surface area contributed by atoms with Crippen molar-refractivity contribution in [3.8, 4) is 0 Å². The first-order chi connectivity index (χ1) is 14.3. The van der Waals surface area contributed by atoms with E-state index in [1.165, 1.54) is 0 Å². The summed E-state index contributed by atoms with van der Waals surface area (Å²) in [6, 6.07) is 12.2. The number of rotatable bonds is 7. The first-order valence-electron chi connectivity index (χ1n) is 9.17. The fraction of sp³-hybridized carbons (Fsp3) is 0.190. The zero-order valence-electron chi connectivity index (χ0n) is 16.2. The molecule has 0 spiro atoms. The third-order valence-electron chi connectivity index (χ3n) is 4.60. The van der Waals surface area contributed by atoms with Crippen LogP contribution < -0.4 is 16.4 Å². The van der Waals surface area contributed by atoms with Crippen molar-refractivity contribution < 1.29 is 9.59 Å². The second-order valence-electron chi connectivity index (χ2n) is 6.77. The largest absolute Gasteiger partial charge is 0.352 e.